The van der Waals surface area contributed by atoms with Gasteiger partial charge < -0.3 is 14.2 Å². The van der Waals surface area contributed by atoms with E-state index in [9.17, 15) is 9.59 Å². The average Bonchev–Trinajstić information content (AvgIpc) is 2.62. The molecule has 2 aromatic rings. The monoisotopic (exact) mass is 342 g/mol. The van der Waals surface area contributed by atoms with Crippen LogP contribution < -0.4 is 0 Å². The molecule has 0 N–H and O–H groups in total. The third kappa shape index (κ3) is 8.13. The molecule has 5 heteroatoms. The van der Waals surface area contributed by atoms with E-state index < -0.39 is 0 Å². The van der Waals surface area contributed by atoms with E-state index in [2.05, 4.69) is 0 Å². The lowest BCUT2D eigenvalue weighted by Crippen LogP contribution is -2.16. The molecule has 0 aliphatic heterocycles. The first kappa shape index (κ1) is 18.7. The average molecular weight is 342 g/mol. The van der Waals surface area contributed by atoms with Crippen LogP contribution in [0.5, 0.6) is 0 Å². The van der Waals surface area contributed by atoms with Gasteiger partial charge in [0.15, 0.2) is 0 Å². The van der Waals surface area contributed by atoms with Gasteiger partial charge in [0.2, 0.25) is 0 Å². The number of rotatable bonds is 10. The number of esters is 2. The molecule has 5 nitrogen and oxygen atoms in total. The molecule has 0 aromatic heterocycles. The highest BCUT2D eigenvalue weighted by Gasteiger charge is 2.05. The maximum atomic E-state index is 11.6. The zero-order chi connectivity index (χ0) is 17.7. The number of ether oxygens (including phenoxy) is 3. The third-order valence-electron chi connectivity index (χ3n) is 3.36. The lowest BCUT2D eigenvalue weighted by Gasteiger charge is -2.07. The summed E-state index contributed by atoms with van der Waals surface area (Å²) in [7, 11) is 0. The van der Waals surface area contributed by atoms with Gasteiger partial charge in [-0.25, -0.2) is 0 Å². The molecule has 0 saturated heterocycles. The van der Waals surface area contributed by atoms with Crippen LogP contribution in [0.2, 0.25) is 0 Å². The van der Waals surface area contributed by atoms with E-state index in [1.54, 1.807) is 0 Å². The predicted octanol–water partition coefficient (Wildman–Crippen LogP) is 2.57. The van der Waals surface area contributed by atoms with Gasteiger partial charge in [-0.1, -0.05) is 60.7 Å². The Hall–Kier alpha value is -2.66. The van der Waals surface area contributed by atoms with Crippen molar-refractivity contribution in [3.8, 4) is 0 Å². The Morgan fingerprint density at radius 3 is 1.40 bits per heavy atom. The minimum Gasteiger partial charge on any atom is -0.463 e. The van der Waals surface area contributed by atoms with Crippen LogP contribution in [-0.2, 0) is 36.6 Å². The highest BCUT2D eigenvalue weighted by atomic mass is 16.6. The molecule has 0 bridgehead atoms. The molecule has 0 unspecified atom stereocenters. The van der Waals surface area contributed by atoms with Crippen molar-refractivity contribution in [2.24, 2.45) is 0 Å². The van der Waals surface area contributed by atoms with Crippen molar-refractivity contribution in [2.75, 3.05) is 26.4 Å². The van der Waals surface area contributed by atoms with E-state index in [1.165, 1.54) is 0 Å². The molecule has 0 atom stereocenters. The van der Waals surface area contributed by atoms with E-state index in [4.69, 9.17) is 14.2 Å². The first-order chi connectivity index (χ1) is 12.2. The van der Waals surface area contributed by atoms with E-state index in [1.807, 2.05) is 60.7 Å². The summed E-state index contributed by atoms with van der Waals surface area (Å²) in [5.41, 5.74) is 1.83. The number of carbonyl (C=O) groups is 2. The van der Waals surface area contributed by atoms with Crippen molar-refractivity contribution < 1.29 is 23.8 Å². The maximum absolute atomic E-state index is 11.6. The van der Waals surface area contributed by atoms with Crippen molar-refractivity contribution in [3.05, 3.63) is 71.8 Å². The second-order valence-corrected chi connectivity index (χ2v) is 5.38. The van der Waals surface area contributed by atoms with Gasteiger partial charge >= 0.3 is 11.9 Å². The summed E-state index contributed by atoms with van der Waals surface area (Å²) in [5.74, 6) is -0.576. The minimum atomic E-state index is -0.288. The normalized spacial score (nSPS) is 10.2. The highest BCUT2D eigenvalue weighted by molar-refractivity contribution is 5.72. The number of hydrogen-bond donors (Lipinski definition) is 0. The molecule has 2 rings (SSSR count). The zero-order valence-corrected chi connectivity index (χ0v) is 14.1. The quantitative estimate of drug-likeness (QED) is 0.490. The third-order valence-corrected chi connectivity index (χ3v) is 3.36. The maximum Gasteiger partial charge on any atom is 0.310 e. The Morgan fingerprint density at radius 2 is 1.00 bits per heavy atom. The Morgan fingerprint density at radius 1 is 0.600 bits per heavy atom. The SMILES string of the molecule is O=C(Cc1ccccc1)OCCOCCOC(=O)Cc1ccccc1. The molecule has 0 aliphatic rings. The molecule has 0 amide bonds. The van der Waals surface area contributed by atoms with Crippen molar-refractivity contribution in [1.82, 2.24) is 0 Å². The van der Waals surface area contributed by atoms with Crippen LogP contribution >= 0.6 is 0 Å². The molecule has 132 valence electrons. The fourth-order valence-corrected chi connectivity index (χ4v) is 2.16. The van der Waals surface area contributed by atoms with E-state index >= 15 is 0 Å². The summed E-state index contributed by atoms with van der Waals surface area (Å²) in [6.07, 6.45) is 0.496. The van der Waals surface area contributed by atoms with Gasteiger partial charge in [0.05, 0.1) is 26.1 Å². The molecule has 0 spiro atoms. The molecule has 0 radical (unpaired) electrons. The van der Waals surface area contributed by atoms with Crippen LogP contribution in [0, 0.1) is 0 Å². The van der Waals surface area contributed by atoms with Crippen molar-refractivity contribution in [1.29, 1.82) is 0 Å². The Balaban J connectivity index is 1.46. The molecular weight excluding hydrogens is 320 g/mol. The van der Waals surface area contributed by atoms with Gasteiger partial charge in [0.25, 0.3) is 0 Å². The summed E-state index contributed by atoms with van der Waals surface area (Å²) in [5, 5.41) is 0. The number of hydrogen-bond acceptors (Lipinski definition) is 5. The van der Waals surface area contributed by atoms with Gasteiger partial charge in [-0.15, -0.1) is 0 Å². The topological polar surface area (TPSA) is 61.8 Å². The first-order valence-electron chi connectivity index (χ1n) is 8.21. The van der Waals surface area contributed by atoms with Crippen molar-refractivity contribution in [2.45, 2.75) is 12.8 Å². The number of benzene rings is 2. The van der Waals surface area contributed by atoms with E-state index in [0.717, 1.165) is 11.1 Å². The summed E-state index contributed by atoms with van der Waals surface area (Å²) < 4.78 is 15.4. The fraction of sp³-hybridized carbons (Fsp3) is 0.300. The lowest BCUT2D eigenvalue weighted by atomic mass is 10.2. The van der Waals surface area contributed by atoms with Crippen LogP contribution in [0.3, 0.4) is 0 Å². The predicted molar refractivity (Wildman–Crippen MR) is 93.0 cm³/mol. The highest BCUT2D eigenvalue weighted by Crippen LogP contribution is 2.01. The largest absolute Gasteiger partial charge is 0.463 e. The van der Waals surface area contributed by atoms with Crippen LogP contribution in [0.15, 0.2) is 60.7 Å². The summed E-state index contributed by atoms with van der Waals surface area (Å²) in [6.45, 7) is 0.917. The van der Waals surface area contributed by atoms with Gasteiger partial charge in [-0.2, -0.15) is 0 Å². The Labute approximate surface area is 147 Å². The number of carbonyl (C=O) groups excluding carboxylic acids is 2. The first-order valence-corrected chi connectivity index (χ1v) is 8.21. The Bertz CT molecular complexity index is 582. The molecule has 0 fully saturated rings. The molecule has 25 heavy (non-hydrogen) atoms. The molecule has 0 aliphatic carbocycles. The van der Waals surface area contributed by atoms with Crippen LogP contribution in [0.1, 0.15) is 11.1 Å². The second-order valence-electron chi connectivity index (χ2n) is 5.38. The lowest BCUT2D eigenvalue weighted by molar-refractivity contribution is -0.145. The van der Waals surface area contributed by atoms with Gasteiger partial charge in [-0.3, -0.25) is 9.59 Å². The van der Waals surface area contributed by atoms with Crippen molar-refractivity contribution in [3.63, 3.8) is 0 Å². The Kier molecular flexibility index (Phi) is 8.21. The van der Waals surface area contributed by atoms with Gasteiger partial charge in [0.1, 0.15) is 13.2 Å². The van der Waals surface area contributed by atoms with Crippen LogP contribution in [0.4, 0.5) is 0 Å². The summed E-state index contributed by atoms with van der Waals surface area (Å²) in [6, 6.07) is 18.8. The summed E-state index contributed by atoms with van der Waals surface area (Å²) >= 11 is 0. The molecule has 0 heterocycles. The van der Waals surface area contributed by atoms with Gasteiger partial charge in [-0.05, 0) is 11.1 Å². The molecular formula is C20H22O5. The van der Waals surface area contributed by atoms with E-state index in [-0.39, 0.29) is 51.2 Å². The van der Waals surface area contributed by atoms with E-state index in [0.29, 0.717) is 0 Å². The molecule has 2 aromatic carbocycles. The zero-order valence-electron chi connectivity index (χ0n) is 14.1. The molecule has 0 saturated carbocycles. The fourth-order valence-electron chi connectivity index (χ4n) is 2.16. The smallest absolute Gasteiger partial charge is 0.310 e. The second kappa shape index (κ2) is 11.0. The minimum absolute atomic E-state index is 0.184. The summed E-state index contributed by atoms with van der Waals surface area (Å²) in [4.78, 5) is 23.2. The standard InChI is InChI=1S/C20H22O5/c21-19(15-17-7-3-1-4-8-17)24-13-11-23-12-14-25-20(22)16-18-9-5-2-6-10-18/h1-10H,11-16H2. The van der Waals surface area contributed by atoms with Crippen molar-refractivity contribution >= 4 is 11.9 Å². The van der Waals surface area contributed by atoms with Gasteiger partial charge in [0, 0.05) is 0 Å². The van der Waals surface area contributed by atoms with Crippen LogP contribution in [-0.4, -0.2) is 38.4 Å². The van der Waals surface area contributed by atoms with Crippen LogP contribution in [0.25, 0.3) is 0 Å².